The van der Waals surface area contributed by atoms with E-state index in [1.807, 2.05) is 18.2 Å². The fourth-order valence-corrected chi connectivity index (χ4v) is 5.04. The minimum atomic E-state index is -0.441. The maximum Gasteiger partial charge on any atom is 0.306 e. The topological polar surface area (TPSA) is 105 Å². The van der Waals surface area contributed by atoms with Crippen LogP contribution in [0, 0.1) is 0 Å². The largest absolute Gasteiger partial charge is 0.508 e. The first-order valence-electron chi connectivity index (χ1n) is 13.1. The number of aromatic hydroxyl groups is 1. The quantitative estimate of drug-likeness (QED) is 0.332. The Hall–Kier alpha value is -3.00. The number of ether oxygens (including phenoxy) is 1. The third kappa shape index (κ3) is 8.79. The number of benzene rings is 2. The summed E-state index contributed by atoms with van der Waals surface area (Å²) in [7, 11) is 0. The van der Waals surface area contributed by atoms with Crippen molar-refractivity contribution >= 4 is 39.3 Å². The van der Waals surface area contributed by atoms with Gasteiger partial charge in [0.1, 0.15) is 5.75 Å². The number of aliphatic imine (C=N–C) groups is 1. The number of halogens is 1. The molecular formula is C30H37BrN2O5. The molecule has 1 aliphatic rings. The highest BCUT2D eigenvalue weighted by Gasteiger charge is 2.24. The monoisotopic (exact) mass is 584 g/mol. The molecule has 0 radical (unpaired) electrons. The molecule has 0 saturated carbocycles. The van der Waals surface area contributed by atoms with Crippen molar-refractivity contribution < 1.29 is 24.2 Å². The number of Topliss-reactive ketones (excluding diaryl/α,β-unsaturated/α-hetero) is 1. The van der Waals surface area contributed by atoms with Gasteiger partial charge in [-0.3, -0.25) is 19.4 Å². The molecule has 1 amide bonds. The molecule has 0 aromatic heterocycles. The third-order valence-corrected chi connectivity index (χ3v) is 6.96. The summed E-state index contributed by atoms with van der Waals surface area (Å²) < 4.78 is 6.04. The van der Waals surface area contributed by atoms with E-state index in [1.165, 1.54) is 6.07 Å². The second kappa shape index (κ2) is 13.2. The smallest absolute Gasteiger partial charge is 0.306 e. The van der Waals surface area contributed by atoms with Gasteiger partial charge in [-0.1, -0.05) is 42.8 Å². The number of nitrogens with zero attached hydrogens (tertiary/aromatic N) is 1. The fraction of sp³-hybridized carbons (Fsp3) is 0.467. The molecule has 204 valence electrons. The number of rotatable bonds is 11. The average Bonchev–Trinajstić information content (AvgIpc) is 3.34. The lowest BCUT2D eigenvalue weighted by Crippen LogP contribution is -2.30. The molecule has 3 rings (SSSR count). The summed E-state index contributed by atoms with van der Waals surface area (Å²) >= 11 is 3.57. The van der Waals surface area contributed by atoms with Crippen molar-refractivity contribution in [3.05, 3.63) is 63.1 Å². The van der Waals surface area contributed by atoms with Crippen molar-refractivity contribution in [1.29, 1.82) is 0 Å². The molecule has 2 aromatic rings. The van der Waals surface area contributed by atoms with E-state index in [0.29, 0.717) is 6.42 Å². The zero-order valence-electron chi connectivity index (χ0n) is 22.6. The highest BCUT2D eigenvalue weighted by molar-refractivity contribution is 9.10. The van der Waals surface area contributed by atoms with Crippen LogP contribution in [0.3, 0.4) is 0 Å². The summed E-state index contributed by atoms with van der Waals surface area (Å²) in [5, 5.41) is 12.8. The molecule has 38 heavy (non-hydrogen) atoms. The van der Waals surface area contributed by atoms with Crippen LogP contribution in [0.2, 0.25) is 0 Å². The van der Waals surface area contributed by atoms with Crippen molar-refractivity contribution in [3.8, 4) is 5.75 Å². The van der Waals surface area contributed by atoms with Crippen LogP contribution in [0.4, 0.5) is 0 Å². The normalized spacial score (nSPS) is 14.1. The summed E-state index contributed by atoms with van der Waals surface area (Å²) in [5.41, 5.74) is 3.99. The number of esters is 1. The van der Waals surface area contributed by atoms with Gasteiger partial charge < -0.3 is 15.2 Å². The summed E-state index contributed by atoms with van der Waals surface area (Å²) in [6, 6.07) is 10.7. The lowest BCUT2D eigenvalue weighted by Gasteiger charge is -2.23. The lowest BCUT2D eigenvalue weighted by atomic mass is 9.83. The molecule has 8 heteroatoms. The second-order valence-electron chi connectivity index (χ2n) is 10.8. The predicted octanol–water partition coefficient (Wildman–Crippen LogP) is 5.66. The number of phenols is 1. The average molecular weight is 586 g/mol. The molecule has 2 N–H and O–H groups in total. The van der Waals surface area contributed by atoms with Crippen molar-refractivity contribution in [2.24, 2.45) is 4.99 Å². The van der Waals surface area contributed by atoms with Crippen molar-refractivity contribution in [2.45, 2.75) is 71.1 Å². The Morgan fingerprint density at radius 2 is 1.87 bits per heavy atom. The molecule has 0 bridgehead atoms. The number of carbonyl (C=O) groups is 3. The third-order valence-electron chi connectivity index (χ3n) is 6.50. The van der Waals surface area contributed by atoms with E-state index < -0.39 is 11.8 Å². The first kappa shape index (κ1) is 29.6. The van der Waals surface area contributed by atoms with Crippen LogP contribution < -0.4 is 5.32 Å². The SMILES string of the molecule is CCOC(=O)C[C@H](CC(=O)CNC(=O)c1cc(O)cc(CC2=NCCC2)c1)c1cc(Br)cc(C(C)(C)C)c1. The van der Waals surface area contributed by atoms with Gasteiger partial charge in [-0.25, -0.2) is 0 Å². The number of hydrogen-bond acceptors (Lipinski definition) is 6. The number of amides is 1. The van der Waals surface area contributed by atoms with Crippen LogP contribution in [0.1, 0.15) is 86.3 Å². The van der Waals surface area contributed by atoms with E-state index in [9.17, 15) is 19.5 Å². The van der Waals surface area contributed by atoms with E-state index in [0.717, 1.165) is 46.3 Å². The molecular weight excluding hydrogens is 548 g/mol. The van der Waals surface area contributed by atoms with Gasteiger partial charge in [-0.15, -0.1) is 0 Å². The number of phenolic OH excluding ortho intramolecular Hbond substituents is 1. The molecule has 0 saturated heterocycles. The van der Waals surface area contributed by atoms with Gasteiger partial charge in [-0.05, 0) is 72.2 Å². The van der Waals surface area contributed by atoms with Crippen molar-refractivity contribution in [1.82, 2.24) is 5.32 Å². The van der Waals surface area contributed by atoms with Gasteiger partial charge in [0.25, 0.3) is 5.91 Å². The minimum absolute atomic E-state index is 0.00335. The number of hydrogen-bond donors (Lipinski definition) is 2. The maximum absolute atomic E-state index is 13.0. The minimum Gasteiger partial charge on any atom is -0.508 e. The molecule has 2 aromatic carbocycles. The van der Waals surface area contributed by atoms with Crippen LogP contribution in [-0.2, 0) is 26.2 Å². The molecule has 1 atom stereocenters. The Balaban J connectivity index is 1.70. The standard InChI is InChI=1S/C30H37BrN2O5/c1-5-38-28(36)16-21(20-12-23(30(2,3)4)17-24(31)13-20)14-27(35)18-33-29(37)22-9-19(11-26(34)15-22)10-25-7-6-8-32-25/h9,11-13,15,17,21,34H,5-8,10,14,16,18H2,1-4H3,(H,33,37)/t21-/m0/s1. The Morgan fingerprint density at radius 3 is 2.53 bits per heavy atom. The van der Waals surface area contributed by atoms with Crippen molar-refractivity contribution in [2.75, 3.05) is 19.7 Å². The lowest BCUT2D eigenvalue weighted by molar-refractivity contribution is -0.143. The van der Waals surface area contributed by atoms with E-state index in [-0.39, 0.29) is 54.5 Å². The molecule has 7 nitrogen and oxygen atoms in total. The molecule has 0 spiro atoms. The molecule has 0 unspecified atom stereocenters. The van der Waals surface area contributed by atoms with Crippen LogP contribution in [0.5, 0.6) is 5.75 Å². The van der Waals surface area contributed by atoms with Gasteiger partial charge in [0.2, 0.25) is 0 Å². The maximum atomic E-state index is 13.0. The Morgan fingerprint density at radius 1 is 1.11 bits per heavy atom. The van der Waals surface area contributed by atoms with Gasteiger partial charge in [0.05, 0.1) is 19.6 Å². The van der Waals surface area contributed by atoms with Crippen LogP contribution in [-0.4, -0.2) is 48.2 Å². The van der Waals surface area contributed by atoms with E-state index >= 15 is 0 Å². The highest BCUT2D eigenvalue weighted by Crippen LogP contribution is 2.33. The van der Waals surface area contributed by atoms with Crippen LogP contribution in [0.15, 0.2) is 45.9 Å². The predicted molar refractivity (Wildman–Crippen MR) is 152 cm³/mol. The first-order valence-corrected chi connectivity index (χ1v) is 13.9. The van der Waals surface area contributed by atoms with E-state index in [1.54, 1.807) is 19.1 Å². The fourth-order valence-electron chi connectivity index (χ4n) is 4.52. The summed E-state index contributed by atoms with van der Waals surface area (Å²) in [6.07, 6.45) is 2.68. The van der Waals surface area contributed by atoms with Crippen LogP contribution in [0.25, 0.3) is 0 Å². The molecule has 1 aliphatic heterocycles. The van der Waals surface area contributed by atoms with Crippen LogP contribution >= 0.6 is 15.9 Å². The second-order valence-corrected chi connectivity index (χ2v) is 11.7. The molecule has 1 heterocycles. The van der Waals surface area contributed by atoms with E-state index in [4.69, 9.17) is 4.74 Å². The zero-order valence-corrected chi connectivity index (χ0v) is 24.2. The van der Waals surface area contributed by atoms with Gasteiger partial charge in [0.15, 0.2) is 5.78 Å². The molecule has 0 aliphatic carbocycles. The first-order chi connectivity index (χ1) is 17.9. The number of ketones is 1. The summed E-state index contributed by atoms with van der Waals surface area (Å²) in [6.45, 7) is 8.96. The van der Waals surface area contributed by atoms with Gasteiger partial charge >= 0.3 is 5.97 Å². The number of nitrogens with one attached hydrogen (secondary N) is 1. The Bertz CT molecular complexity index is 1220. The van der Waals surface area contributed by atoms with Gasteiger partial charge in [-0.2, -0.15) is 0 Å². The highest BCUT2D eigenvalue weighted by atomic mass is 79.9. The zero-order chi connectivity index (χ0) is 27.9. The van der Waals surface area contributed by atoms with Crippen molar-refractivity contribution in [3.63, 3.8) is 0 Å². The Kier molecular flexibility index (Phi) is 10.3. The van der Waals surface area contributed by atoms with Gasteiger partial charge in [0, 0.05) is 41.1 Å². The Labute approximate surface area is 233 Å². The van der Waals surface area contributed by atoms with E-state index in [2.05, 4.69) is 47.0 Å². The number of carbonyl (C=O) groups excluding carboxylic acids is 3. The summed E-state index contributed by atoms with van der Waals surface area (Å²) in [4.78, 5) is 42.6. The summed E-state index contributed by atoms with van der Waals surface area (Å²) in [5.74, 6) is -1.41. The molecule has 0 fully saturated rings.